The lowest BCUT2D eigenvalue weighted by Crippen LogP contribution is -2.12. The van der Waals surface area contributed by atoms with Crippen LogP contribution in [0.5, 0.6) is 0 Å². The molecular formula is C17H17NO. The van der Waals surface area contributed by atoms with Gasteiger partial charge in [0.1, 0.15) is 12.1 Å². The first-order valence-electron chi connectivity index (χ1n) is 6.60. The Morgan fingerprint density at radius 2 is 1.63 bits per heavy atom. The molecule has 0 bridgehead atoms. The molecule has 96 valence electrons. The highest BCUT2D eigenvalue weighted by molar-refractivity contribution is 5.95. The first-order chi connectivity index (χ1) is 9.24. The lowest BCUT2D eigenvalue weighted by atomic mass is 10.0. The molecule has 0 saturated heterocycles. The summed E-state index contributed by atoms with van der Waals surface area (Å²) in [5, 5.41) is 0. The second kappa shape index (κ2) is 4.88. The van der Waals surface area contributed by atoms with E-state index in [2.05, 4.69) is 38.1 Å². The highest BCUT2D eigenvalue weighted by Gasteiger charge is 2.28. The number of nitrogens with zero attached hydrogens (tertiary/aromatic N) is 1. The third-order valence-corrected chi connectivity index (χ3v) is 3.44. The second-order valence-electron chi connectivity index (χ2n) is 4.98. The standard InChI is InChI=1S/C17H17NO/c1-12-8-10-14(11-9-12)16-13(2)19-17(18-16)15-6-4-3-5-7-15/h3-11,13,16H,1-2H3/t13-,16+/m1/s1. The molecule has 0 radical (unpaired) electrons. The van der Waals surface area contributed by atoms with Crippen LogP contribution in [-0.2, 0) is 4.74 Å². The van der Waals surface area contributed by atoms with Gasteiger partial charge in [-0.3, -0.25) is 0 Å². The van der Waals surface area contributed by atoms with Gasteiger partial charge in [0.2, 0.25) is 5.90 Å². The van der Waals surface area contributed by atoms with Crippen molar-refractivity contribution in [3.8, 4) is 0 Å². The number of aliphatic imine (C=N–C) groups is 1. The number of aryl methyl sites for hydroxylation is 1. The molecule has 2 heteroatoms. The SMILES string of the molecule is Cc1ccc([C@H]2N=C(c3ccccc3)O[C@@H]2C)cc1. The Bertz CT molecular complexity index is 586. The van der Waals surface area contributed by atoms with Crippen molar-refractivity contribution >= 4 is 5.90 Å². The lowest BCUT2D eigenvalue weighted by Gasteiger charge is -2.13. The van der Waals surface area contributed by atoms with E-state index in [1.165, 1.54) is 11.1 Å². The van der Waals surface area contributed by atoms with Gasteiger partial charge in [0, 0.05) is 5.56 Å². The van der Waals surface area contributed by atoms with Crippen molar-refractivity contribution in [3.63, 3.8) is 0 Å². The van der Waals surface area contributed by atoms with Gasteiger partial charge in [0.05, 0.1) is 0 Å². The molecule has 0 spiro atoms. The molecule has 0 saturated carbocycles. The first-order valence-corrected chi connectivity index (χ1v) is 6.60. The van der Waals surface area contributed by atoms with Gasteiger partial charge in [0.25, 0.3) is 0 Å². The van der Waals surface area contributed by atoms with Crippen LogP contribution in [0, 0.1) is 6.92 Å². The van der Waals surface area contributed by atoms with Crippen molar-refractivity contribution in [2.45, 2.75) is 26.0 Å². The minimum absolute atomic E-state index is 0.0814. The summed E-state index contributed by atoms with van der Waals surface area (Å²) in [6.07, 6.45) is 0.0814. The van der Waals surface area contributed by atoms with Crippen LogP contribution in [0.25, 0.3) is 0 Å². The van der Waals surface area contributed by atoms with Gasteiger partial charge >= 0.3 is 0 Å². The normalized spacial score (nSPS) is 21.9. The summed E-state index contributed by atoms with van der Waals surface area (Å²) in [7, 11) is 0. The molecule has 2 aromatic rings. The van der Waals surface area contributed by atoms with Gasteiger partial charge < -0.3 is 4.74 Å². The predicted molar refractivity (Wildman–Crippen MR) is 77.4 cm³/mol. The number of hydrogen-bond acceptors (Lipinski definition) is 2. The van der Waals surface area contributed by atoms with Crippen molar-refractivity contribution in [2.24, 2.45) is 4.99 Å². The summed E-state index contributed by atoms with van der Waals surface area (Å²) in [4.78, 5) is 4.73. The zero-order valence-corrected chi connectivity index (χ0v) is 11.2. The van der Waals surface area contributed by atoms with Crippen LogP contribution in [0.1, 0.15) is 29.7 Å². The molecule has 1 aliphatic rings. The molecule has 3 rings (SSSR count). The lowest BCUT2D eigenvalue weighted by molar-refractivity contribution is 0.214. The Balaban J connectivity index is 1.91. The number of benzene rings is 2. The summed E-state index contributed by atoms with van der Waals surface area (Å²) >= 11 is 0. The third-order valence-electron chi connectivity index (χ3n) is 3.44. The summed E-state index contributed by atoms with van der Waals surface area (Å²) in [5.74, 6) is 0.749. The molecule has 0 aliphatic carbocycles. The number of rotatable bonds is 2. The van der Waals surface area contributed by atoms with E-state index in [9.17, 15) is 0 Å². The highest BCUT2D eigenvalue weighted by atomic mass is 16.5. The van der Waals surface area contributed by atoms with E-state index in [0.29, 0.717) is 0 Å². The third kappa shape index (κ3) is 2.39. The highest BCUT2D eigenvalue weighted by Crippen LogP contribution is 2.30. The van der Waals surface area contributed by atoms with Crippen LogP contribution in [0.4, 0.5) is 0 Å². The zero-order chi connectivity index (χ0) is 13.2. The minimum Gasteiger partial charge on any atom is -0.472 e. The fourth-order valence-corrected chi connectivity index (χ4v) is 2.33. The fourth-order valence-electron chi connectivity index (χ4n) is 2.33. The van der Waals surface area contributed by atoms with Gasteiger partial charge in [-0.05, 0) is 31.5 Å². The van der Waals surface area contributed by atoms with E-state index in [1.54, 1.807) is 0 Å². The molecule has 1 heterocycles. The van der Waals surface area contributed by atoms with Crippen LogP contribution >= 0.6 is 0 Å². The van der Waals surface area contributed by atoms with Gasteiger partial charge in [-0.2, -0.15) is 0 Å². The van der Waals surface area contributed by atoms with Crippen LogP contribution in [0.2, 0.25) is 0 Å². The van der Waals surface area contributed by atoms with E-state index < -0.39 is 0 Å². The summed E-state index contributed by atoms with van der Waals surface area (Å²) in [6, 6.07) is 18.7. The van der Waals surface area contributed by atoms with Gasteiger partial charge in [0.15, 0.2) is 0 Å². The van der Waals surface area contributed by atoms with E-state index in [-0.39, 0.29) is 12.1 Å². The van der Waals surface area contributed by atoms with E-state index in [1.807, 2.05) is 30.3 Å². The Morgan fingerprint density at radius 1 is 0.947 bits per heavy atom. The van der Waals surface area contributed by atoms with Crippen molar-refractivity contribution in [1.82, 2.24) is 0 Å². The van der Waals surface area contributed by atoms with Gasteiger partial charge in [-0.1, -0.05) is 48.0 Å². The van der Waals surface area contributed by atoms with Crippen molar-refractivity contribution in [2.75, 3.05) is 0 Å². The average molecular weight is 251 g/mol. The molecule has 0 aromatic heterocycles. The predicted octanol–water partition coefficient (Wildman–Crippen LogP) is 3.90. The van der Waals surface area contributed by atoms with Crippen molar-refractivity contribution < 1.29 is 4.74 Å². The first kappa shape index (κ1) is 12.0. The second-order valence-corrected chi connectivity index (χ2v) is 4.98. The molecule has 1 aliphatic heterocycles. The molecule has 0 amide bonds. The Morgan fingerprint density at radius 3 is 2.32 bits per heavy atom. The summed E-state index contributed by atoms with van der Waals surface area (Å²) in [6.45, 7) is 4.17. The molecule has 2 aromatic carbocycles. The van der Waals surface area contributed by atoms with Crippen LogP contribution < -0.4 is 0 Å². The van der Waals surface area contributed by atoms with E-state index in [4.69, 9.17) is 9.73 Å². The Hall–Kier alpha value is -2.09. The fraction of sp³-hybridized carbons (Fsp3) is 0.235. The van der Waals surface area contributed by atoms with E-state index in [0.717, 1.165) is 11.5 Å². The van der Waals surface area contributed by atoms with Crippen LogP contribution in [-0.4, -0.2) is 12.0 Å². The van der Waals surface area contributed by atoms with Gasteiger partial charge in [-0.15, -0.1) is 0 Å². The molecular weight excluding hydrogens is 234 g/mol. The summed E-state index contributed by atoms with van der Waals surface area (Å²) < 4.78 is 5.89. The smallest absolute Gasteiger partial charge is 0.217 e. The molecule has 2 atom stereocenters. The maximum Gasteiger partial charge on any atom is 0.217 e. The largest absolute Gasteiger partial charge is 0.472 e. The van der Waals surface area contributed by atoms with Crippen molar-refractivity contribution in [1.29, 1.82) is 0 Å². The zero-order valence-electron chi connectivity index (χ0n) is 11.2. The number of hydrogen-bond donors (Lipinski definition) is 0. The maximum absolute atomic E-state index is 5.89. The van der Waals surface area contributed by atoms with E-state index >= 15 is 0 Å². The van der Waals surface area contributed by atoms with Crippen LogP contribution in [0.3, 0.4) is 0 Å². The molecule has 19 heavy (non-hydrogen) atoms. The molecule has 0 N–H and O–H groups in total. The monoisotopic (exact) mass is 251 g/mol. The topological polar surface area (TPSA) is 21.6 Å². The van der Waals surface area contributed by atoms with Gasteiger partial charge in [-0.25, -0.2) is 4.99 Å². The minimum atomic E-state index is 0.0814. The maximum atomic E-state index is 5.89. The number of ether oxygens (including phenoxy) is 1. The Labute approximate surface area is 113 Å². The Kier molecular flexibility index (Phi) is 3.08. The molecule has 0 fully saturated rings. The molecule has 0 unspecified atom stereocenters. The average Bonchev–Trinajstić information content (AvgIpc) is 2.83. The van der Waals surface area contributed by atoms with Crippen molar-refractivity contribution in [3.05, 3.63) is 71.3 Å². The molecule has 2 nitrogen and oxygen atoms in total. The van der Waals surface area contributed by atoms with Crippen LogP contribution in [0.15, 0.2) is 59.6 Å². The summed E-state index contributed by atoms with van der Waals surface area (Å²) in [5.41, 5.74) is 3.52. The quantitative estimate of drug-likeness (QED) is 0.793.